The molecule has 1 amide bonds. The summed E-state index contributed by atoms with van der Waals surface area (Å²) in [4.78, 5) is 23.2. The SMILES string of the molecule is Cn1ccc(C(=O)NCCC2CCOC2)cc1=O. The first-order valence-corrected chi connectivity index (χ1v) is 6.19. The van der Waals surface area contributed by atoms with Gasteiger partial charge in [0.25, 0.3) is 11.5 Å². The Morgan fingerprint density at radius 3 is 3.11 bits per heavy atom. The molecule has 1 unspecified atom stereocenters. The molecule has 0 aliphatic carbocycles. The van der Waals surface area contributed by atoms with Crippen molar-refractivity contribution < 1.29 is 9.53 Å². The van der Waals surface area contributed by atoms with Crippen molar-refractivity contribution in [1.29, 1.82) is 0 Å². The summed E-state index contributed by atoms with van der Waals surface area (Å²) in [6, 6.07) is 3.00. The summed E-state index contributed by atoms with van der Waals surface area (Å²) in [5, 5.41) is 2.83. The van der Waals surface area contributed by atoms with Crippen LogP contribution in [0.4, 0.5) is 0 Å². The predicted molar refractivity (Wildman–Crippen MR) is 67.6 cm³/mol. The van der Waals surface area contributed by atoms with Crippen LogP contribution in [0.2, 0.25) is 0 Å². The van der Waals surface area contributed by atoms with Crippen LogP contribution in [-0.2, 0) is 11.8 Å². The zero-order valence-electron chi connectivity index (χ0n) is 10.5. The smallest absolute Gasteiger partial charge is 0.251 e. The highest BCUT2D eigenvalue weighted by atomic mass is 16.5. The Morgan fingerprint density at radius 1 is 1.61 bits per heavy atom. The van der Waals surface area contributed by atoms with Gasteiger partial charge in [-0.25, -0.2) is 0 Å². The van der Waals surface area contributed by atoms with Gasteiger partial charge in [0.05, 0.1) is 0 Å². The standard InChI is InChI=1S/C13H18N2O3/c1-15-6-3-11(8-12(15)16)13(17)14-5-2-10-4-7-18-9-10/h3,6,8,10H,2,4-5,7,9H2,1H3,(H,14,17). The van der Waals surface area contributed by atoms with E-state index in [1.807, 2.05) is 0 Å². The van der Waals surface area contributed by atoms with E-state index >= 15 is 0 Å². The Balaban J connectivity index is 1.83. The van der Waals surface area contributed by atoms with Crippen molar-refractivity contribution in [3.8, 4) is 0 Å². The van der Waals surface area contributed by atoms with Crippen LogP contribution in [-0.4, -0.2) is 30.2 Å². The quantitative estimate of drug-likeness (QED) is 0.848. The van der Waals surface area contributed by atoms with Crippen LogP contribution in [0.5, 0.6) is 0 Å². The summed E-state index contributed by atoms with van der Waals surface area (Å²) in [5.74, 6) is 0.362. The van der Waals surface area contributed by atoms with Crippen molar-refractivity contribution in [3.63, 3.8) is 0 Å². The Bertz CT molecular complexity index is 475. The van der Waals surface area contributed by atoms with E-state index in [9.17, 15) is 9.59 Å². The molecule has 0 saturated carbocycles. The lowest BCUT2D eigenvalue weighted by Gasteiger charge is -2.09. The van der Waals surface area contributed by atoms with E-state index in [1.54, 1.807) is 19.3 Å². The summed E-state index contributed by atoms with van der Waals surface area (Å²) in [6.45, 7) is 2.25. The van der Waals surface area contributed by atoms with Crippen molar-refractivity contribution in [2.75, 3.05) is 19.8 Å². The largest absolute Gasteiger partial charge is 0.381 e. The number of hydrogen-bond acceptors (Lipinski definition) is 3. The minimum atomic E-state index is -0.188. The molecule has 0 bridgehead atoms. The van der Waals surface area contributed by atoms with E-state index in [0.29, 0.717) is 18.0 Å². The molecule has 1 aromatic rings. The summed E-state index contributed by atoms with van der Waals surface area (Å²) < 4.78 is 6.71. The molecule has 2 heterocycles. The summed E-state index contributed by atoms with van der Waals surface area (Å²) >= 11 is 0. The predicted octanol–water partition coefficient (Wildman–Crippen LogP) is 0.542. The molecule has 5 nitrogen and oxygen atoms in total. The van der Waals surface area contributed by atoms with Crippen LogP contribution in [0.15, 0.2) is 23.1 Å². The number of amides is 1. The average molecular weight is 250 g/mol. The Labute approximate surface area is 106 Å². The minimum Gasteiger partial charge on any atom is -0.381 e. The molecule has 1 aromatic heterocycles. The number of pyridine rings is 1. The molecule has 1 N–H and O–H groups in total. The molecule has 5 heteroatoms. The van der Waals surface area contributed by atoms with Gasteiger partial charge in [-0.05, 0) is 24.8 Å². The molecule has 1 atom stereocenters. The number of nitrogens with one attached hydrogen (secondary N) is 1. The third-order valence-electron chi connectivity index (χ3n) is 3.23. The highest BCUT2D eigenvalue weighted by Crippen LogP contribution is 2.15. The second kappa shape index (κ2) is 5.82. The zero-order chi connectivity index (χ0) is 13.0. The fourth-order valence-electron chi connectivity index (χ4n) is 1.99. The van der Waals surface area contributed by atoms with Crippen molar-refractivity contribution in [2.24, 2.45) is 13.0 Å². The summed E-state index contributed by atoms with van der Waals surface area (Å²) in [5.41, 5.74) is 0.243. The van der Waals surface area contributed by atoms with E-state index in [0.717, 1.165) is 26.1 Å². The van der Waals surface area contributed by atoms with Crippen LogP contribution in [0.3, 0.4) is 0 Å². The molecule has 1 aliphatic rings. The Hall–Kier alpha value is -1.62. The normalized spacial score (nSPS) is 18.8. The van der Waals surface area contributed by atoms with Gasteiger partial charge in [0, 0.05) is 44.6 Å². The van der Waals surface area contributed by atoms with Crippen LogP contribution >= 0.6 is 0 Å². The van der Waals surface area contributed by atoms with Gasteiger partial charge in [-0.2, -0.15) is 0 Å². The van der Waals surface area contributed by atoms with Gasteiger partial charge in [0.15, 0.2) is 0 Å². The number of carbonyl (C=O) groups is 1. The molecular weight excluding hydrogens is 232 g/mol. The van der Waals surface area contributed by atoms with Crippen molar-refractivity contribution in [1.82, 2.24) is 9.88 Å². The molecule has 1 fully saturated rings. The van der Waals surface area contributed by atoms with Gasteiger partial charge < -0.3 is 14.6 Å². The number of rotatable bonds is 4. The van der Waals surface area contributed by atoms with Gasteiger partial charge in [-0.3, -0.25) is 9.59 Å². The number of aromatic nitrogens is 1. The number of nitrogens with zero attached hydrogens (tertiary/aromatic N) is 1. The van der Waals surface area contributed by atoms with Gasteiger partial charge in [0.1, 0.15) is 0 Å². The summed E-state index contributed by atoms with van der Waals surface area (Å²) in [7, 11) is 1.66. The van der Waals surface area contributed by atoms with Gasteiger partial charge in [0.2, 0.25) is 0 Å². The molecule has 1 saturated heterocycles. The average Bonchev–Trinajstić information content (AvgIpc) is 2.85. The fourth-order valence-corrected chi connectivity index (χ4v) is 1.99. The molecule has 0 spiro atoms. The maximum atomic E-state index is 11.8. The third-order valence-corrected chi connectivity index (χ3v) is 3.23. The van der Waals surface area contributed by atoms with Gasteiger partial charge in [-0.15, -0.1) is 0 Å². The van der Waals surface area contributed by atoms with Gasteiger partial charge in [-0.1, -0.05) is 0 Å². The highest BCUT2D eigenvalue weighted by molar-refractivity contribution is 5.93. The van der Waals surface area contributed by atoms with E-state index in [2.05, 4.69) is 5.32 Å². The van der Waals surface area contributed by atoms with Crippen LogP contribution in [0.1, 0.15) is 23.2 Å². The monoisotopic (exact) mass is 250 g/mol. The maximum Gasteiger partial charge on any atom is 0.251 e. The lowest BCUT2D eigenvalue weighted by Crippen LogP contribution is -2.28. The second-order valence-electron chi connectivity index (χ2n) is 4.64. The lowest BCUT2D eigenvalue weighted by atomic mass is 10.1. The lowest BCUT2D eigenvalue weighted by molar-refractivity contribution is 0.0950. The summed E-state index contributed by atoms with van der Waals surface area (Å²) in [6.07, 6.45) is 3.60. The van der Waals surface area contributed by atoms with E-state index in [4.69, 9.17) is 4.74 Å². The molecule has 2 rings (SSSR count). The van der Waals surface area contributed by atoms with Crippen molar-refractivity contribution in [3.05, 3.63) is 34.2 Å². The van der Waals surface area contributed by atoms with Crippen molar-refractivity contribution in [2.45, 2.75) is 12.8 Å². The number of carbonyl (C=O) groups excluding carboxylic acids is 1. The molecule has 18 heavy (non-hydrogen) atoms. The van der Waals surface area contributed by atoms with Gasteiger partial charge >= 0.3 is 0 Å². The van der Waals surface area contributed by atoms with Crippen LogP contribution in [0, 0.1) is 5.92 Å². The topological polar surface area (TPSA) is 60.3 Å². The number of aryl methyl sites for hydroxylation is 1. The maximum absolute atomic E-state index is 11.8. The molecule has 0 aromatic carbocycles. The minimum absolute atomic E-state index is 0.174. The molecule has 98 valence electrons. The van der Waals surface area contributed by atoms with Crippen molar-refractivity contribution >= 4 is 5.91 Å². The molecular formula is C13H18N2O3. The Morgan fingerprint density at radius 2 is 2.44 bits per heavy atom. The Kier molecular flexibility index (Phi) is 4.15. The fraction of sp³-hybridized carbons (Fsp3) is 0.538. The third kappa shape index (κ3) is 3.20. The number of hydrogen-bond donors (Lipinski definition) is 1. The first-order valence-electron chi connectivity index (χ1n) is 6.19. The van der Waals surface area contributed by atoms with E-state index in [-0.39, 0.29) is 11.5 Å². The molecule has 0 radical (unpaired) electrons. The second-order valence-corrected chi connectivity index (χ2v) is 4.64. The first-order chi connectivity index (χ1) is 8.66. The van der Waals surface area contributed by atoms with E-state index < -0.39 is 0 Å². The highest BCUT2D eigenvalue weighted by Gasteiger charge is 2.15. The first kappa shape index (κ1) is 12.8. The molecule has 1 aliphatic heterocycles. The zero-order valence-corrected chi connectivity index (χ0v) is 10.5. The van der Waals surface area contributed by atoms with Crippen LogP contribution < -0.4 is 10.9 Å². The van der Waals surface area contributed by atoms with E-state index in [1.165, 1.54) is 10.6 Å². The number of ether oxygens (including phenoxy) is 1. The van der Waals surface area contributed by atoms with Crippen LogP contribution in [0.25, 0.3) is 0 Å².